The van der Waals surface area contributed by atoms with Crippen LogP contribution in [0.5, 0.6) is 0 Å². The molecule has 0 radical (unpaired) electrons. The van der Waals surface area contributed by atoms with E-state index in [-0.39, 0.29) is 23.0 Å². The third kappa shape index (κ3) is 4.62. The van der Waals surface area contributed by atoms with Crippen molar-refractivity contribution in [1.82, 2.24) is 19.7 Å². The Hall–Kier alpha value is -3.34. The van der Waals surface area contributed by atoms with Gasteiger partial charge in [0.25, 0.3) is 11.6 Å². The van der Waals surface area contributed by atoms with Gasteiger partial charge in [0.15, 0.2) is 16.8 Å². The van der Waals surface area contributed by atoms with Crippen molar-refractivity contribution in [3.63, 3.8) is 0 Å². The summed E-state index contributed by atoms with van der Waals surface area (Å²) >= 11 is 1.15. The molecule has 1 N–H and O–H groups in total. The Labute approximate surface area is 187 Å². The lowest BCUT2D eigenvalue weighted by Gasteiger charge is -2.12. The number of hydrogen-bond donors (Lipinski definition) is 1. The van der Waals surface area contributed by atoms with Gasteiger partial charge in [-0.25, -0.2) is 9.37 Å². The van der Waals surface area contributed by atoms with Crippen LogP contribution in [0.25, 0.3) is 0 Å². The van der Waals surface area contributed by atoms with Crippen molar-refractivity contribution in [2.24, 2.45) is 0 Å². The summed E-state index contributed by atoms with van der Waals surface area (Å²) in [5, 5.41) is 22.1. The molecule has 0 bridgehead atoms. The Morgan fingerprint density at radius 2 is 2.12 bits per heavy atom. The van der Waals surface area contributed by atoms with Crippen molar-refractivity contribution in [2.75, 3.05) is 5.32 Å². The van der Waals surface area contributed by atoms with Crippen molar-refractivity contribution < 1.29 is 14.1 Å². The fourth-order valence-electron chi connectivity index (χ4n) is 3.74. The number of carbonyl (C=O) groups is 1. The van der Waals surface area contributed by atoms with Gasteiger partial charge in [-0.1, -0.05) is 12.8 Å². The average molecular weight is 457 g/mol. The molecule has 1 aromatic carbocycles. The Bertz CT molecular complexity index is 1160. The molecular formula is C21H21FN6O3S. The third-order valence-corrected chi connectivity index (χ3v) is 6.54. The molecule has 0 spiro atoms. The van der Waals surface area contributed by atoms with Gasteiger partial charge < -0.3 is 9.88 Å². The molecule has 1 aliphatic rings. The first-order chi connectivity index (χ1) is 15.5. The van der Waals surface area contributed by atoms with Crippen LogP contribution in [0, 0.1) is 15.9 Å². The number of benzene rings is 1. The van der Waals surface area contributed by atoms with Gasteiger partial charge in [-0.15, -0.1) is 10.2 Å². The Morgan fingerprint density at radius 1 is 1.34 bits per heavy atom. The number of nitrogens with one attached hydrogen (secondary N) is 1. The number of nitro benzene ring substituents is 1. The van der Waals surface area contributed by atoms with E-state index in [1.165, 1.54) is 18.2 Å². The number of non-ortho nitro benzene ring substituents is 1. The van der Waals surface area contributed by atoms with E-state index in [0.29, 0.717) is 16.6 Å². The fraction of sp³-hybridized carbons (Fsp3) is 0.333. The topological polar surface area (TPSA) is 116 Å². The Morgan fingerprint density at radius 3 is 2.81 bits per heavy atom. The van der Waals surface area contributed by atoms with Gasteiger partial charge in [0.05, 0.1) is 10.5 Å². The maximum absolute atomic E-state index is 14.7. The number of amides is 1. The van der Waals surface area contributed by atoms with E-state index in [4.69, 9.17) is 0 Å². The standard InChI is InChI=1S/C21H21FN6O3S/c1-2-27-12-24-26-21(27)32-18-8-7-15(28(30)31)10-16(18)20(29)25-19-17(22)9-14(11-23-19)13-5-3-4-6-13/h7-13H,2-6H2,1H3,(H,23,25,29). The number of pyridine rings is 1. The second-order valence-electron chi connectivity index (χ2n) is 7.47. The van der Waals surface area contributed by atoms with Crippen LogP contribution in [0.15, 0.2) is 46.8 Å². The Kier molecular flexibility index (Phi) is 6.45. The first kappa shape index (κ1) is 21.9. The Balaban J connectivity index is 1.61. The van der Waals surface area contributed by atoms with Gasteiger partial charge in [0.1, 0.15) is 6.33 Å². The quantitative estimate of drug-likeness (QED) is 0.401. The molecule has 3 aromatic rings. The summed E-state index contributed by atoms with van der Waals surface area (Å²) in [5.74, 6) is -1.25. The van der Waals surface area contributed by atoms with E-state index in [0.717, 1.165) is 49.1 Å². The molecule has 166 valence electrons. The van der Waals surface area contributed by atoms with Crippen molar-refractivity contribution in [3.05, 3.63) is 63.8 Å². The molecule has 11 heteroatoms. The third-order valence-electron chi connectivity index (χ3n) is 5.46. The molecule has 0 saturated heterocycles. The van der Waals surface area contributed by atoms with E-state index in [9.17, 15) is 19.3 Å². The molecule has 0 aliphatic heterocycles. The molecule has 2 heterocycles. The number of nitrogens with zero attached hydrogens (tertiary/aromatic N) is 5. The maximum Gasteiger partial charge on any atom is 0.270 e. The molecule has 0 unspecified atom stereocenters. The molecule has 32 heavy (non-hydrogen) atoms. The van der Waals surface area contributed by atoms with E-state index < -0.39 is 16.6 Å². The summed E-state index contributed by atoms with van der Waals surface area (Å²) in [6.07, 6.45) is 7.38. The summed E-state index contributed by atoms with van der Waals surface area (Å²) in [6, 6.07) is 5.35. The highest BCUT2D eigenvalue weighted by Crippen LogP contribution is 2.35. The minimum atomic E-state index is -0.696. The monoisotopic (exact) mass is 456 g/mol. The van der Waals surface area contributed by atoms with Crippen LogP contribution < -0.4 is 5.32 Å². The van der Waals surface area contributed by atoms with Gasteiger partial charge in [-0.3, -0.25) is 14.9 Å². The zero-order valence-electron chi connectivity index (χ0n) is 17.3. The van der Waals surface area contributed by atoms with Crippen LogP contribution in [0.3, 0.4) is 0 Å². The molecule has 1 fully saturated rings. The van der Waals surface area contributed by atoms with Crippen LogP contribution in [-0.4, -0.2) is 30.6 Å². The van der Waals surface area contributed by atoms with Crippen LogP contribution in [0.2, 0.25) is 0 Å². The molecule has 1 saturated carbocycles. The minimum absolute atomic E-state index is 0.0240. The second-order valence-corrected chi connectivity index (χ2v) is 8.48. The van der Waals surface area contributed by atoms with Gasteiger partial charge in [-0.05, 0) is 55.1 Å². The number of anilines is 1. The van der Waals surface area contributed by atoms with Gasteiger partial charge in [-0.2, -0.15) is 0 Å². The molecule has 9 nitrogen and oxygen atoms in total. The second kappa shape index (κ2) is 9.43. The summed E-state index contributed by atoms with van der Waals surface area (Å²) in [7, 11) is 0. The molecule has 1 amide bonds. The van der Waals surface area contributed by atoms with Crippen LogP contribution >= 0.6 is 11.8 Å². The first-order valence-corrected chi connectivity index (χ1v) is 11.1. The predicted octanol–water partition coefficient (Wildman–Crippen LogP) is 4.80. The number of aryl methyl sites for hydroxylation is 1. The van der Waals surface area contributed by atoms with Crippen molar-refractivity contribution in [3.8, 4) is 0 Å². The number of aromatic nitrogens is 4. The van der Waals surface area contributed by atoms with Crippen LogP contribution in [0.4, 0.5) is 15.9 Å². The summed E-state index contributed by atoms with van der Waals surface area (Å²) in [4.78, 5) is 28.2. The van der Waals surface area contributed by atoms with E-state index >= 15 is 0 Å². The summed E-state index contributed by atoms with van der Waals surface area (Å²) in [6.45, 7) is 2.53. The lowest BCUT2D eigenvalue weighted by atomic mass is 9.99. The predicted molar refractivity (Wildman–Crippen MR) is 116 cm³/mol. The average Bonchev–Trinajstić information content (AvgIpc) is 3.47. The summed E-state index contributed by atoms with van der Waals surface area (Å²) in [5.41, 5.74) is 0.598. The van der Waals surface area contributed by atoms with Crippen LogP contribution in [0.1, 0.15) is 54.4 Å². The van der Waals surface area contributed by atoms with Gasteiger partial charge in [0, 0.05) is 29.8 Å². The molecular weight excluding hydrogens is 435 g/mol. The van der Waals surface area contributed by atoms with E-state index in [1.54, 1.807) is 17.1 Å². The largest absolute Gasteiger partial charge is 0.309 e. The van der Waals surface area contributed by atoms with Crippen molar-refractivity contribution >= 4 is 29.2 Å². The van der Waals surface area contributed by atoms with Crippen LogP contribution in [-0.2, 0) is 6.54 Å². The zero-order chi connectivity index (χ0) is 22.7. The van der Waals surface area contributed by atoms with Gasteiger partial charge >= 0.3 is 0 Å². The minimum Gasteiger partial charge on any atom is -0.309 e. The highest BCUT2D eigenvalue weighted by Gasteiger charge is 2.22. The fourth-order valence-corrected chi connectivity index (χ4v) is 4.71. The SMILES string of the molecule is CCn1cnnc1Sc1ccc([N+](=O)[O-])cc1C(=O)Nc1ncc(C2CCCC2)cc1F. The summed E-state index contributed by atoms with van der Waals surface area (Å²) < 4.78 is 16.5. The normalized spacial score (nSPS) is 13.9. The number of hydrogen-bond acceptors (Lipinski definition) is 7. The number of nitro groups is 1. The number of rotatable bonds is 7. The van der Waals surface area contributed by atoms with Crippen molar-refractivity contribution in [1.29, 1.82) is 0 Å². The number of halogens is 1. The zero-order valence-corrected chi connectivity index (χ0v) is 18.1. The van der Waals surface area contributed by atoms with E-state index in [2.05, 4.69) is 20.5 Å². The van der Waals surface area contributed by atoms with E-state index in [1.807, 2.05) is 6.92 Å². The molecule has 2 aromatic heterocycles. The molecule has 4 rings (SSSR count). The highest BCUT2D eigenvalue weighted by molar-refractivity contribution is 7.99. The highest BCUT2D eigenvalue weighted by atomic mass is 32.2. The lowest BCUT2D eigenvalue weighted by Crippen LogP contribution is -2.16. The molecule has 0 atom stereocenters. The first-order valence-electron chi connectivity index (χ1n) is 10.3. The lowest BCUT2D eigenvalue weighted by molar-refractivity contribution is -0.384. The van der Waals surface area contributed by atoms with Gasteiger partial charge in [0.2, 0.25) is 0 Å². The van der Waals surface area contributed by atoms with Crippen molar-refractivity contribution in [2.45, 2.75) is 55.1 Å². The molecule has 1 aliphatic carbocycles. The maximum atomic E-state index is 14.7. The number of carbonyl (C=O) groups excluding carboxylic acids is 1. The smallest absolute Gasteiger partial charge is 0.270 e.